The van der Waals surface area contributed by atoms with E-state index in [0.29, 0.717) is 0 Å². The van der Waals surface area contributed by atoms with E-state index in [2.05, 4.69) is 0 Å². The van der Waals surface area contributed by atoms with Crippen molar-refractivity contribution in [1.29, 1.82) is 0 Å². The molecule has 0 radical (unpaired) electrons. The minimum Gasteiger partial charge on any atom is -0.367 e. The molecule has 5 heteroatoms. The van der Waals surface area contributed by atoms with E-state index in [1.165, 1.54) is 4.90 Å². The topological polar surface area (TPSA) is 46.6 Å². The summed E-state index contributed by atoms with van der Waals surface area (Å²) in [6.45, 7) is 3.98. The molecule has 3 aliphatic rings. The summed E-state index contributed by atoms with van der Waals surface area (Å²) in [5.41, 5.74) is -0.249. The van der Waals surface area contributed by atoms with Crippen LogP contribution in [0.4, 0.5) is 5.69 Å². The fourth-order valence-corrected chi connectivity index (χ4v) is 5.77. The number of thiophene rings is 1. The van der Waals surface area contributed by atoms with E-state index in [1.807, 2.05) is 43.5 Å². The zero-order valence-electron chi connectivity index (χ0n) is 13.0. The van der Waals surface area contributed by atoms with Gasteiger partial charge in [-0.2, -0.15) is 0 Å². The van der Waals surface area contributed by atoms with Crippen LogP contribution in [-0.4, -0.2) is 23.0 Å². The Labute approximate surface area is 138 Å². The number of hydrogen-bond acceptors (Lipinski definition) is 4. The van der Waals surface area contributed by atoms with Gasteiger partial charge in [0, 0.05) is 15.5 Å². The van der Waals surface area contributed by atoms with Crippen molar-refractivity contribution in [3.63, 3.8) is 0 Å². The molecule has 4 heterocycles. The van der Waals surface area contributed by atoms with Gasteiger partial charge in [-0.05, 0) is 32.8 Å². The highest BCUT2D eigenvalue weighted by molar-refractivity contribution is 7.17. The van der Waals surface area contributed by atoms with E-state index < -0.39 is 11.2 Å². The Balaban J connectivity index is 1.67. The van der Waals surface area contributed by atoms with Gasteiger partial charge in [-0.3, -0.25) is 9.59 Å². The smallest absolute Gasteiger partial charge is 0.240 e. The summed E-state index contributed by atoms with van der Waals surface area (Å²) in [4.78, 5) is 27.6. The number of ether oxygens (including phenoxy) is 1. The van der Waals surface area contributed by atoms with Gasteiger partial charge >= 0.3 is 0 Å². The number of benzene rings is 1. The molecule has 3 aliphatic heterocycles. The molecule has 2 amide bonds. The summed E-state index contributed by atoms with van der Waals surface area (Å²) >= 11 is 1.57. The molecule has 4 atom stereocenters. The molecule has 5 rings (SSSR count). The third-order valence-electron chi connectivity index (χ3n) is 5.91. The summed E-state index contributed by atoms with van der Waals surface area (Å²) in [5.74, 6) is -0.858. The Hall–Kier alpha value is -1.72. The van der Waals surface area contributed by atoms with E-state index in [9.17, 15) is 9.59 Å². The van der Waals surface area contributed by atoms with Gasteiger partial charge < -0.3 is 4.74 Å². The zero-order valence-corrected chi connectivity index (χ0v) is 13.9. The second-order valence-corrected chi connectivity index (χ2v) is 8.22. The number of rotatable bonds is 1. The van der Waals surface area contributed by atoms with E-state index in [1.54, 1.807) is 11.3 Å². The lowest BCUT2D eigenvalue weighted by molar-refractivity contribution is -0.129. The highest BCUT2D eigenvalue weighted by Gasteiger charge is 2.72. The van der Waals surface area contributed by atoms with Gasteiger partial charge in [0.25, 0.3) is 0 Å². The summed E-state index contributed by atoms with van der Waals surface area (Å²) < 4.78 is 7.24. The molecular formula is C18H17NO3S. The number of carbonyl (C=O) groups excluding carboxylic acids is 2. The fraction of sp³-hybridized carbons (Fsp3) is 0.444. The molecule has 0 saturated carbocycles. The Kier molecular flexibility index (Phi) is 2.40. The lowest BCUT2D eigenvalue weighted by Crippen LogP contribution is -2.40. The summed E-state index contributed by atoms with van der Waals surface area (Å²) in [6.07, 6.45) is 1.70. The van der Waals surface area contributed by atoms with Crippen LogP contribution in [0.1, 0.15) is 26.7 Å². The summed E-state index contributed by atoms with van der Waals surface area (Å²) in [6, 6.07) is 7.91. The van der Waals surface area contributed by atoms with Crippen LogP contribution in [0, 0.1) is 11.8 Å². The van der Waals surface area contributed by atoms with Crippen molar-refractivity contribution in [1.82, 2.24) is 0 Å². The molecule has 4 nitrogen and oxygen atoms in total. The predicted octanol–water partition coefficient (Wildman–Crippen LogP) is 3.35. The fourth-order valence-electron chi connectivity index (χ4n) is 4.84. The van der Waals surface area contributed by atoms with E-state index in [-0.39, 0.29) is 23.7 Å². The highest BCUT2D eigenvalue weighted by atomic mass is 32.1. The minimum absolute atomic E-state index is 0.0884. The van der Waals surface area contributed by atoms with Crippen LogP contribution in [0.5, 0.6) is 0 Å². The molecule has 0 spiro atoms. The largest absolute Gasteiger partial charge is 0.367 e. The van der Waals surface area contributed by atoms with Gasteiger partial charge in [0.1, 0.15) is 0 Å². The van der Waals surface area contributed by atoms with Crippen LogP contribution in [0.15, 0.2) is 29.6 Å². The van der Waals surface area contributed by atoms with Crippen molar-refractivity contribution >= 4 is 38.9 Å². The lowest BCUT2D eigenvalue weighted by Gasteiger charge is -2.27. The van der Waals surface area contributed by atoms with E-state index in [4.69, 9.17) is 4.74 Å². The maximum Gasteiger partial charge on any atom is 0.240 e. The highest BCUT2D eigenvalue weighted by Crippen LogP contribution is 2.61. The Bertz CT molecular complexity index is 840. The number of amides is 2. The third-order valence-corrected chi connectivity index (χ3v) is 6.86. The van der Waals surface area contributed by atoms with Gasteiger partial charge in [-0.1, -0.05) is 18.2 Å². The molecule has 1 aromatic carbocycles. The van der Waals surface area contributed by atoms with Gasteiger partial charge in [0.2, 0.25) is 11.8 Å². The number of carbonyl (C=O) groups is 2. The first-order valence-electron chi connectivity index (χ1n) is 7.99. The molecule has 118 valence electrons. The second-order valence-electron chi connectivity index (χ2n) is 7.31. The number of nitrogens with zero attached hydrogens (tertiary/aromatic N) is 1. The standard InChI is InChI=1S/C18H17NO3S/c1-17-7-8-18(2,22-17)14-13(17)15(20)19(16(14)21)11-9-23-12-6-4-3-5-10(11)12/h3-6,9,13-14H,7-8H2,1-2H3/t13-,14+,17?,18?. The molecule has 3 saturated heterocycles. The minimum atomic E-state index is -0.493. The maximum atomic E-state index is 13.1. The van der Waals surface area contributed by atoms with Crippen LogP contribution >= 0.6 is 11.3 Å². The second kappa shape index (κ2) is 4.02. The Morgan fingerprint density at radius 2 is 1.70 bits per heavy atom. The van der Waals surface area contributed by atoms with Crippen molar-refractivity contribution < 1.29 is 14.3 Å². The van der Waals surface area contributed by atoms with Gasteiger partial charge in [-0.25, -0.2) is 4.90 Å². The first kappa shape index (κ1) is 13.7. The van der Waals surface area contributed by atoms with Crippen molar-refractivity contribution in [2.24, 2.45) is 11.8 Å². The Morgan fingerprint density at radius 3 is 2.35 bits per heavy atom. The molecule has 23 heavy (non-hydrogen) atoms. The SMILES string of the molecule is CC12CCC(C)(O1)[C@H]1C(=O)N(c3csc4ccccc34)C(=O)[C@H]12. The van der Waals surface area contributed by atoms with Gasteiger partial charge in [0.05, 0.1) is 28.7 Å². The van der Waals surface area contributed by atoms with Crippen LogP contribution in [-0.2, 0) is 14.3 Å². The molecule has 2 aromatic rings. The average molecular weight is 327 g/mol. The molecule has 0 N–H and O–H groups in total. The van der Waals surface area contributed by atoms with Crippen LogP contribution in [0.3, 0.4) is 0 Å². The zero-order chi connectivity index (χ0) is 16.0. The van der Waals surface area contributed by atoms with Crippen molar-refractivity contribution in [2.45, 2.75) is 37.9 Å². The van der Waals surface area contributed by atoms with Gasteiger partial charge in [-0.15, -0.1) is 11.3 Å². The first-order valence-corrected chi connectivity index (χ1v) is 8.87. The predicted molar refractivity (Wildman–Crippen MR) is 88.4 cm³/mol. The summed E-state index contributed by atoms with van der Waals surface area (Å²) in [7, 11) is 0. The first-order chi connectivity index (χ1) is 10.9. The molecule has 1 aromatic heterocycles. The maximum absolute atomic E-state index is 13.1. The van der Waals surface area contributed by atoms with Crippen molar-refractivity contribution in [3.8, 4) is 0 Å². The van der Waals surface area contributed by atoms with Gasteiger partial charge in [0.15, 0.2) is 0 Å². The molecular weight excluding hydrogens is 310 g/mol. The Morgan fingerprint density at radius 1 is 1.09 bits per heavy atom. The van der Waals surface area contributed by atoms with Crippen LogP contribution in [0.25, 0.3) is 10.1 Å². The van der Waals surface area contributed by atoms with E-state index >= 15 is 0 Å². The molecule has 2 bridgehead atoms. The molecule has 3 fully saturated rings. The van der Waals surface area contributed by atoms with Crippen molar-refractivity contribution in [3.05, 3.63) is 29.6 Å². The molecule has 0 aliphatic carbocycles. The van der Waals surface area contributed by atoms with Crippen LogP contribution < -0.4 is 4.90 Å². The number of fused-ring (bicyclic) bond motifs is 6. The number of anilines is 1. The van der Waals surface area contributed by atoms with Crippen LogP contribution in [0.2, 0.25) is 0 Å². The average Bonchev–Trinajstić information content (AvgIpc) is 3.19. The monoisotopic (exact) mass is 327 g/mol. The van der Waals surface area contributed by atoms with Crippen molar-refractivity contribution in [2.75, 3.05) is 4.90 Å². The molecule has 2 unspecified atom stereocenters. The number of hydrogen-bond donors (Lipinski definition) is 0. The van der Waals surface area contributed by atoms with E-state index in [0.717, 1.165) is 28.6 Å². The third kappa shape index (κ3) is 1.50. The quantitative estimate of drug-likeness (QED) is 0.755. The normalized spacial score (nSPS) is 38.8. The summed E-state index contributed by atoms with van der Waals surface area (Å²) in [5, 5.41) is 2.90. The lowest BCUT2D eigenvalue weighted by atomic mass is 9.69. The number of imide groups is 1.